The Morgan fingerprint density at radius 1 is 1.56 bits per heavy atom. The van der Waals surface area contributed by atoms with Crippen LogP contribution < -0.4 is 5.32 Å². The highest BCUT2D eigenvalue weighted by Crippen LogP contribution is 2.14. The van der Waals surface area contributed by atoms with Gasteiger partial charge in [-0.25, -0.2) is 4.79 Å². The van der Waals surface area contributed by atoms with Crippen LogP contribution in [0.5, 0.6) is 0 Å². The van der Waals surface area contributed by atoms with Crippen LogP contribution in [0.1, 0.15) is 0 Å². The van der Waals surface area contributed by atoms with Crippen LogP contribution in [0, 0.1) is 10.1 Å². The summed E-state index contributed by atoms with van der Waals surface area (Å²) in [5.41, 5.74) is 0.471. The molecule has 0 fully saturated rings. The molecule has 0 saturated heterocycles. The average molecular weight is 245 g/mol. The molecule has 0 aliphatic heterocycles. The fourth-order valence-electron chi connectivity index (χ4n) is 0.933. The topological polar surface area (TPSA) is 81.5 Å². The summed E-state index contributed by atoms with van der Waals surface area (Å²) in [6.45, 7) is -0.678. The van der Waals surface area contributed by atoms with Crippen molar-refractivity contribution in [2.24, 2.45) is 0 Å². The average Bonchev–Trinajstić information content (AvgIpc) is 2.16. The Bertz CT molecular complexity index is 397. The monoisotopic (exact) mass is 244 g/mol. The number of carbonyl (C=O) groups excluding carboxylic acids is 1. The first-order valence-electron chi connectivity index (χ1n) is 4.39. The second kappa shape index (κ2) is 5.92. The molecule has 0 aliphatic carbocycles. The standard InChI is InChI=1S/C9H9ClN2O4/c10-7-2-1-3-8(6-7)11-9(13)16-5-4-12(14)15/h1-3,6H,4-5H2,(H,11,13). The Kier molecular flexibility index (Phi) is 4.53. The highest BCUT2D eigenvalue weighted by molar-refractivity contribution is 6.30. The van der Waals surface area contributed by atoms with E-state index in [0.29, 0.717) is 10.7 Å². The predicted molar refractivity (Wildman–Crippen MR) is 58.3 cm³/mol. The van der Waals surface area contributed by atoms with Gasteiger partial charge in [-0.2, -0.15) is 0 Å². The summed E-state index contributed by atoms with van der Waals surface area (Å²) in [4.78, 5) is 20.5. The maximum absolute atomic E-state index is 11.1. The largest absolute Gasteiger partial charge is 0.442 e. The van der Waals surface area contributed by atoms with E-state index in [1.54, 1.807) is 18.2 Å². The highest BCUT2D eigenvalue weighted by atomic mass is 35.5. The fourth-order valence-corrected chi connectivity index (χ4v) is 1.12. The minimum absolute atomic E-state index is 0.264. The number of amides is 1. The van der Waals surface area contributed by atoms with E-state index in [9.17, 15) is 14.9 Å². The van der Waals surface area contributed by atoms with Crippen LogP contribution in [0.15, 0.2) is 24.3 Å². The summed E-state index contributed by atoms with van der Waals surface area (Å²) >= 11 is 5.69. The third kappa shape index (κ3) is 4.61. The summed E-state index contributed by atoms with van der Waals surface area (Å²) in [6, 6.07) is 6.48. The predicted octanol–water partition coefficient (Wildman–Crippen LogP) is 2.17. The van der Waals surface area contributed by atoms with Crippen LogP contribution in [-0.4, -0.2) is 24.2 Å². The molecular formula is C9H9ClN2O4. The number of benzene rings is 1. The number of hydrogen-bond donors (Lipinski definition) is 1. The van der Waals surface area contributed by atoms with Gasteiger partial charge in [-0.1, -0.05) is 17.7 Å². The summed E-state index contributed by atoms with van der Waals surface area (Å²) in [5, 5.41) is 12.8. The van der Waals surface area contributed by atoms with Crippen LogP contribution in [0.25, 0.3) is 0 Å². The molecule has 16 heavy (non-hydrogen) atoms. The molecule has 0 spiro atoms. The molecule has 1 aromatic carbocycles. The Balaban J connectivity index is 2.37. The Morgan fingerprint density at radius 3 is 2.94 bits per heavy atom. The van der Waals surface area contributed by atoms with Crippen LogP contribution in [0.2, 0.25) is 5.02 Å². The van der Waals surface area contributed by atoms with Gasteiger partial charge in [-0.05, 0) is 18.2 Å². The van der Waals surface area contributed by atoms with Gasteiger partial charge in [-0.15, -0.1) is 0 Å². The van der Waals surface area contributed by atoms with Crippen molar-refractivity contribution < 1.29 is 14.5 Å². The van der Waals surface area contributed by atoms with Crippen molar-refractivity contribution in [3.05, 3.63) is 39.4 Å². The molecule has 0 saturated carbocycles. The SMILES string of the molecule is O=C(Nc1cccc(Cl)c1)OCC[N+](=O)[O-]. The summed E-state index contributed by atoms with van der Waals surface area (Å²) in [5.74, 6) is 0. The summed E-state index contributed by atoms with van der Waals surface area (Å²) in [7, 11) is 0. The Hall–Kier alpha value is -1.82. The molecule has 1 rings (SSSR count). The third-order valence-electron chi connectivity index (χ3n) is 1.58. The van der Waals surface area contributed by atoms with E-state index < -0.39 is 17.6 Å². The molecule has 1 aromatic rings. The van der Waals surface area contributed by atoms with Gasteiger partial charge in [0.1, 0.15) is 0 Å². The van der Waals surface area contributed by atoms with Gasteiger partial charge in [0.2, 0.25) is 6.54 Å². The van der Waals surface area contributed by atoms with E-state index in [-0.39, 0.29) is 6.61 Å². The third-order valence-corrected chi connectivity index (χ3v) is 1.81. The van der Waals surface area contributed by atoms with E-state index in [1.807, 2.05) is 0 Å². The van der Waals surface area contributed by atoms with Crippen molar-refractivity contribution in [3.8, 4) is 0 Å². The lowest BCUT2D eigenvalue weighted by Crippen LogP contribution is -2.18. The number of anilines is 1. The maximum atomic E-state index is 11.1. The van der Waals surface area contributed by atoms with Gasteiger partial charge in [-0.3, -0.25) is 15.4 Å². The fraction of sp³-hybridized carbons (Fsp3) is 0.222. The number of nitrogens with zero attached hydrogens (tertiary/aromatic N) is 1. The molecule has 0 radical (unpaired) electrons. The number of hydrogen-bond acceptors (Lipinski definition) is 4. The first-order chi connectivity index (χ1) is 7.58. The first kappa shape index (κ1) is 12.3. The lowest BCUT2D eigenvalue weighted by atomic mass is 10.3. The lowest BCUT2D eigenvalue weighted by molar-refractivity contribution is -0.482. The van der Waals surface area contributed by atoms with Gasteiger partial charge in [0.15, 0.2) is 6.61 Å². The molecule has 0 aromatic heterocycles. The van der Waals surface area contributed by atoms with E-state index in [1.165, 1.54) is 6.07 Å². The van der Waals surface area contributed by atoms with E-state index in [4.69, 9.17) is 11.6 Å². The van der Waals surface area contributed by atoms with Crippen molar-refractivity contribution >= 4 is 23.4 Å². The van der Waals surface area contributed by atoms with E-state index in [2.05, 4.69) is 10.1 Å². The molecule has 1 amide bonds. The van der Waals surface area contributed by atoms with Crippen molar-refractivity contribution in [2.45, 2.75) is 0 Å². The number of rotatable bonds is 4. The van der Waals surface area contributed by atoms with Crippen molar-refractivity contribution in [2.75, 3.05) is 18.5 Å². The van der Waals surface area contributed by atoms with E-state index in [0.717, 1.165) is 0 Å². The lowest BCUT2D eigenvalue weighted by Gasteiger charge is -2.05. The zero-order valence-corrected chi connectivity index (χ0v) is 8.94. The van der Waals surface area contributed by atoms with Gasteiger partial charge in [0, 0.05) is 15.6 Å². The van der Waals surface area contributed by atoms with Crippen LogP contribution in [0.3, 0.4) is 0 Å². The number of nitrogens with one attached hydrogen (secondary N) is 1. The van der Waals surface area contributed by atoms with Gasteiger partial charge < -0.3 is 4.74 Å². The number of ether oxygens (including phenoxy) is 1. The van der Waals surface area contributed by atoms with Crippen molar-refractivity contribution in [3.63, 3.8) is 0 Å². The first-order valence-corrected chi connectivity index (χ1v) is 4.77. The molecule has 0 heterocycles. The molecule has 0 aliphatic rings. The van der Waals surface area contributed by atoms with Crippen molar-refractivity contribution in [1.82, 2.24) is 0 Å². The smallest absolute Gasteiger partial charge is 0.411 e. The maximum Gasteiger partial charge on any atom is 0.411 e. The van der Waals surface area contributed by atoms with Gasteiger partial charge >= 0.3 is 6.09 Å². The quantitative estimate of drug-likeness (QED) is 0.650. The Morgan fingerprint density at radius 2 is 2.31 bits per heavy atom. The molecule has 86 valence electrons. The van der Waals surface area contributed by atoms with Gasteiger partial charge in [0.05, 0.1) is 0 Å². The zero-order chi connectivity index (χ0) is 12.0. The molecule has 0 unspecified atom stereocenters. The van der Waals surface area contributed by atoms with Crippen LogP contribution >= 0.6 is 11.6 Å². The zero-order valence-electron chi connectivity index (χ0n) is 8.18. The van der Waals surface area contributed by atoms with Crippen LogP contribution in [-0.2, 0) is 4.74 Å². The molecule has 0 bridgehead atoms. The van der Waals surface area contributed by atoms with Gasteiger partial charge in [0.25, 0.3) is 0 Å². The van der Waals surface area contributed by atoms with Crippen molar-refractivity contribution in [1.29, 1.82) is 0 Å². The number of carbonyl (C=O) groups is 1. The molecule has 0 atom stereocenters. The minimum Gasteiger partial charge on any atom is -0.442 e. The second-order valence-corrected chi connectivity index (χ2v) is 3.26. The molecular weight excluding hydrogens is 236 g/mol. The molecule has 7 heteroatoms. The van der Waals surface area contributed by atoms with E-state index >= 15 is 0 Å². The van der Waals surface area contributed by atoms with Crippen LogP contribution in [0.4, 0.5) is 10.5 Å². The number of halogens is 1. The summed E-state index contributed by atoms with van der Waals surface area (Å²) in [6.07, 6.45) is -0.746. The minimum atomic E-state index is -0.746. The highest BCUT2D eigenvalue weighted by Gasteiger charge is 2.05. The molecule has 1 N–H and O–H groups in total. The molecule has 6 nitrogen and oxygen atoms in total. The second-order valence-electron chi connectivity index (χ2n) is 2.83. The normalized spacial score (nSPS) is 9.56. The Labute approximate surface area is 96.3 Å². The summed E-state index contributed by atoms with van der Waals surface area (Å²) < 4.78 is 4.56. The number of nitro groups is 1.